The predicted octanol–water partition coefficient (Wildman–Crippen LogP) is 2.74. The smallest absolute Gasteiger partial charge is 0.337 e. The number of imidazole rings is 1. The predicted molar refractivity (Wildman–Crippen MR) is 82.9 cm³/mol. The maximum absolute atomic E-state index is 12.2. The van der Waals surface area contributed by atoms with Gasteiger partial charge in [0.25, 0.3) is 10.0 Å². The van der Waals surface area contributed by atoms with E-state index in [4.69, 9.17) is 0 Å². The number of hydrogen-bond donors (Lipinski definition) is 3. The van der Waals surface area contributed by atoms with Gasteiger partial charge in [-0.3, -0.25) is 4.72 Å². The summed E-state index contributed by atoms with van der Waals surface area (Å²) < 4.78 is 27.5. The molecule has 112 valence electrons. The van der Waals surface area contributed by atoms with Gasteiger partial charge in [-0.25, -0.2) is 9.78 Å². The molecular formula is C11H9Br2N3O4S. The zero-order valence-corrected chi connectivity index (χ0v) is 14.5. The zero-order valence-electron chi connectivity index (χ0n) is 10.5. The van der Waals surface area contributed by atoms with Crippen LogP contribution in [0.25, 0.3) is 0 Å². The fraction of sp³-hybridized carbons (Fsp3) is 0.0909. The molecule has 0 unspecified atom stereocenters. The van der Waals surface area contributed by atoms with Crippen LogP contribution in [0.2, 0.25) is 0 Å². The van der Waals surface area contributed by atoms with E-state index < -0.39 is 16.0 Å². The van der Waals surface area contributed by atoms with Crippen LogP contribution in [0, 0.1) is 6.92 Å². The van der Waals surface area contributed by atoms with Gasteiger partial charge in [-0.15, -0.1) is 0 Å². The van der Waals surface area contributed by atoms with Crippen molar-refractivity contribution in [2.75, 3.05) is 4.72 Å². The zero-order chi connectivity index (χ0) is 15.8. The number of nitrogens with zero attached hydrogens (tertiary/aromatic N) is 1. The van der Waals surface area contributed by atoms with Crippen molar-refractivity contribution in [3.05, 3.63) is 38.7 Å². The van der Waals surface area contributed by atoms with Crippen LogP contribution in [0.3, 0.4) is 0 Å². The normalized spacial score (nSPS) is 11.4. The Morgan fingerprint density at radius 2 is 2.05 bits per heavy atom. The van der Waals surface area contributed by atoms with Crippen molar-refractivity contribution in [2.45, 2.75) is 11.9 Å². The Morgan fingerprint density at radius 3 is 2.57 bits per heavy atom. The van der Waals surface area contributed by atoms with Gasteiger partial charge in [-0.05, 0) is 35.0 Å². The summed E-state index contributed by atoms with van der Waals surface area (Å²) in [5, 5.41) is 9.04. The second-order valence-corrected chi connectivity index (χ2v) is 7.47. The van der Waals surface area contributed by atoms with Crippen LogP contribution < -0.4 is 4.72 Å². The second-order valence-electron chi connectivity index (χ2n) is 4.05. The van der Waals surface area contributed by atoms with Crippen LogP contribution in [0.5, 0.6) is 0 Å². The number of aryl methyl sites for hydroxylation is 1. The fourth-order valence-corrected chi connectivity index (χ4v) is 4.10. The van der Waals surface area contributed by atoms with E-state index in [0.717, 1.165) is 6.20 Å². The number of aromatic amines is 1. The molecule has 0 bridgehead atoms. The van der Waals surface area contributed by atoms with Crippen molar-refractivity contribution in [3.8, 4) is 0 Å². The average Bonchev–Trinajstić information content (AvgIpc) is 2.79. The number of H-pyrrole nitrogens is 1. The van der Waals surface area contributed by atoms with Crippen LogP contribution in [0.15, 0.2) is 32.3 Å². The number of aromatic carboxylic acids is 1. The summed E-state index contributed by atoms with van der Waals surface area (Å²) in [6.45, 7) is 1.61. The Balaban J connectivity index is 2.51. The standard InChI is InChI=1S/C11H9Br2N3O4S/c1-5-14-4-9(15-5)21(19,20)16-10-7(11(17)18)2-6(12)3-8(10)13/h2-4,16H,1H3,(H,14,15)(H,17,18). The number of anilines is 1. The topological polar surface area (TPSA) is 112 Å². The first kappa shape index (κ1) is 16.0. The van der Waals surface area contributed by atoms with Gasteiger partial charge < -0.3 is 10.1 Å². The van der Waals surface area contributed by atoms with Crippen LogP contribution in [-0.2, 0) is 10.0 Å². The lowest BCUT2D eigenvalue weighted by Crippen LogP contribution is -2.16. The van der Waals surface area contributed by atoms with Gasteiger partial charge in [-0.1, -0.05) is 15.9 Å². The summed E-state index contributed by atoms with van der Waals surface area (Å²) in [4.78, 5) is 17.6. The number of nitrogens with one attached hydrogen (secondary N) is 2. The van der Waals surface area contributed by atoms with Crippen molar-refractivity contribution < 1.29 is 18.3 Å². The highest BCUT2D eigenvalue weighted by Crippen LogP contribution is 2.32. The number of halogens is 2. The SMILES string of the molecule is Cc1ncc(S(=O)(=O)Nc2c(Br)cc(Br)cc2C(=O)O)[nH]1. The van der Waals surface area contributed by atoms with E-state index in [1.165, 1.54) is 6.07 Å². The first-order chi connectivity index (χ1) is 9.70. The number of rotatable bonds is 4. The molecule has 0 atom stereocenters. The summed E-state index contributed by atoms with van der Waals surface area (Å²) in [5.74, 6) is -0.820. The Bertz CT molecular complexity index is 817. The summed E-state index contributed by atoms with van der Waals surface area (Å²) >= 11 is 6.31. The second kappa shape index (κ2) is 5.78. The lowest BCUT2D eigenvalue weighted by molar-refractivity contribution is 0.0698. The molecule has 21 heavy (non-hydrogen) atoms. The van der Waals surface area contributed by atoms with Gasteiger partial charge in [0.1, 0.15) is 5.82 Å². The molecule has 2 aromatic rings. The molecule has 0 saturated carbocycles. The maximum Gasteiger partial charge on any atom is 0.337 e. The van der Waals surface area contributed by atoms with E-state index in [2.05, 4.69) is 46.5 Å². The highest BCUT2D eigenvalue weighted by molar-refractivity contribution is 9.11. The van der Waals surface area contributed by atoms with Crippen LogP contribution in [-0.4, -0.2) is 29.5 Å². The molecule has 3 N–H and O–H groups in total. The van der Waals surface area contributed by atoms with E-state index in [1.807, 2.05) is 0 Å². The first-order valence-electron chi connectivity index (χ1n) is 5.47. The molecule has 1 heterocycles. The molecule has 0 aliphatic heterocycles. The summed E-state index contributed by atoms with van der Waals surface area (Å²) in [6, 6.07) is 2.85. The number of aromatic nitrogens is 2. The number of sulfonamides is 1. The van der Waals surface area contributed by atoms with Gasteiger partial charge >= 0.3 is 5.97 Å². The summed E-state index contributed by atoms with van der Waals surface area (Å²) in [5.41, 5.74) is -0.242. The Labute approximate surface area is 137 Å². The number of benzene rings is 1. The first-order valence-corrected chi connectivity index (χ1v) is 8.54. The van der Waals surface area contributed by atoms with E-state index in [1.54, 1.807) is 13.0 Å². The number of carboxylic acid groups (broad SMARTS) is 1. The van der Waals surface area contributed by atoms with Crippen LogP contribution in [0.4, 0.5) is 5.69 Å². The van der Waals surface area contributed by atoms with Gasteiger partial charge in [-0.2, -0.15) is 8.42 Å². The van der Waals surface area contributed by atoms with Gasteiger partial charge in [0.15, 0.2) is 5.03 Å². The number of carbonyl (C=O) groups is 1. The summed E-state index contributed by atoms with van der Waals surface area (Å²) in [7, 11) is -3.96. The molecule has 7 nitrogen and oxygen atoms in total. The third-order valence-corrected chi connectivity index (χ3v) is 4.83. The molecule has 0 spiro atoms. The highest BCUT2D eigenvalue weighted by atomic mass is 79.9. The van der Waals surface area contributed by atoms with Gasteiger partial charge in [0.05, 0.1) is 17.4 Å². The van der Waals surface area contributed by atoms with E-state index in [9.17, 15) is 18.3 Å². The highest BCUT2D eigenvalue weighted by Gasteiger charge is 2.22. The molecule has 0 fully saturated rings. The lowest BCUT2D eigenvalue weighted by atomic mass is 10.2. The van der Waals surface area contributed by atoms with Crippen molar-refractivity contribution >= 4 is 53.5 Å². The maximum atomic E-state index is 12.2. The molecule has 0 saturated heterocycles. The molecule has 10 heteroatoms. The van der Waals surface area contributed by atoms with Crippen molar-refractivity contribution in [1.82, 2.24) is 9.97 Å². The summed E-state index contributed by atoms with van der Waals surface area (Å²) in [6.07, 6.45) is 1.16. The Hall–Kier alpha value is -1.39. The molecule has 1 aromatic heterocycles. The van der Waals surface area contributed by atoms with E-state index in [-0.39, 0.29) is 16.3 Å². The quantitative estimate of drug-likeness (QED) is 0.679. The van der Waals surface area contributed by atoms with Gasteiger partial charge in [0, 0.05) is 8.95 Å². The number of carboxylic acids is 1. The lowest BCUT2D eigenvalue weighted by Gasteiger charge is -2.12. The number of hydrogen-bond acceptors (Lipinski definition) is 4. The van der Waals surface area contributed by atoms with E-state index >= 15 is 0 Å². The molecule has 0 amide bonds. The fourth-order valence-electron chi connectivity index (χ4n) is 1.57. The van der Waals surface area contributed by atoms with Crippen molar-refractivity contribution in [2.24, 2.45) is 0 Å². The van der Waals surface area contributed by atoms with Crippen LogP contribution >= 0.6 is 31.9 Å². The third kappa shape index (κ3) is 3.44. The van der Waals surface area contributed by atoms with Gasteiger partial charge in [0.2, 0.25) is 0 Å². The Morgan fingerprint density at radius 1 is 1.38 bits per heavy atom. The minimum absolute atomic E-state index is 0.0575. The molecular weight excluding hydrogens is 430 g/mol. The van der Waals surface area contributed by atoms with Crippen LogP contribution in [0.1, 0.15) is 16.2 Å². The monoisotopic (exact) mass is 437 g/mol. The minimum Gasteiger partial charge on any atom is -0.478 e. The Kier molecular flexibility index (Phi) is 4.40. The molecule has 2 rings (SSSR count). The minimum atomic E-state index is -3.96. The van der Waals surface area contributed by atoms with E-state index in [0.29, 0.717) is 14.8 Å². The average molecular weight is 439 g/mol. The molecule has 0 aliphatic carbocycles. The third-order valence-electron chi connectivity index (χ3n) is 2.49. The van der Waals surface area contributed by atoms with Crippen molar-refractivity contribution in [3.63, 3.8) is 0 Å². The largest absolute Gasteiger partial charge is 0.478 e. The molecule has 0 aliphatic rings. The molecule has 0 radical (unpaired) electrons. The molecule has 1 aromatic carbocycles. The van der Waals surface area contributed by atoms with Crippen molar-refractivity contribution in [1.29, 1.82) is 0 Å².